The maximum atomic E-state index is 10.3. The molecular formula is C9H11NO5S. The van der Waals surface area contributed by atoms with Crippen LogP contribution in [0.15, 0.2) is 23.2 Å². The summed E-state index contributed by atoms with van der Waals surface area (Å²) in [5.74, 6) is -0.970. The zero-order valence-corrected chi connectivity index (χ0v) is 9.05. The fourth-order valence-corrected chi connectivity index (χ4v) is 1.29. The molecule has 0 aliphatic heterocycles. The molecule has 0 fully saturated rings. The lowest BCUT2D eigenvalue weighted by atomic mass is 10.2. The average Bonchev–Trinajstić information content (AvgIpc) is 2.17. The minimum atomic E-state index is -4.00. The van der Waals surface area contributed by atoms with E-state index in [0.717, 1.165) is 0 Å². The Kier molecular flexibility index (Phi) is 3.86. The van der Waals surface area contributed by atoms with Crippen LogP contribution in [0.3, 0.4) is 0 Å². The van der Waals surface area contributed by atoms with Gasteiger partial charge < -0.3 is 10.2 Å². The molecule has 0 spiro atoms. The first-order valence-electron chi connectivity index (χ1n) is 4.35. The van der Waals surface area contributed by atoms with E-state index in [-0.39, 0.29) is 18.0 Å². The van der Waals surface area contributed by atoms with E-state index < -0.39 is 15.9 Å². The first-order valence-corrected chi connectivity index (χ1v) is 5.96. The average molecular weight is 245 g/mol. The van der Waals surface area contributed by atoms with E-state index >= 15 is 0 Å². The third-order valence-corrected chi connectivity index (χ3v) is 2.42. The predicted molar refractivity (Wildman–Crippen MR) is 58.6 cm³/mol. The highest BCUT2D eigenvalue weighted by Crippen LogP contribution is 2.23. The van der Waals surface area contributed by atoms with Crippen LogP contribution >= 0.6 is 0 Å². The van der Waals surface area contributed by atoms with Gasteiger partial charge in [-0.25, -0.2) is 0 Å². The Bertz CT molecular complexity index is 495. The van der Waals surface area contributed by atoms with Crippen molar-refractivity contribution in [3.05, 3.63) is 23.8 Å². The van der Waals surface area contributed by atoms with Gasteiger partial charge in [0.1, 0.15) is 0 Å². The summed E-state index contributed by atoms with van der Waals surface area (Å²) in [6.45, 7) is -0.0690. The molecule has 1 aromatic rings. The fraction of sp³-hybridized carbons (Fsp3) is 0.222. The second-order valence-corrected chi connectivity index (χ2v) is 4.64. The van der Waals surface area contributed by atoms with Crippen LogP contribution in [0.5, 0.6) is 11.5 Å². The van der Waals surface area contributed by atoms with Gasteiger partial charge >= 0.3 is 0 Å². The summed E-state index contributed by atoms with van der Waals surface area (Å²) < 4.78 is 29.1. The van der Waals surface area contributed by atoms with Crippen molar-refractivity contribution in [2.45, 2.75) is 0 Å². The topological polar surface area (TPSA) is 107 Å². The lowest BCUT2D eigenvalue weighted by molar-refractivity contribution is 0.403. The molecule has 0 heterocycles. The van der Waals surface area contributed by atoms with Gasteiger partial charge in [0.2, 0.25) is 0 Å². The molecule has 0 unspecified atom stereocenters. The minimum absolute atomic E-state index is 0.0690. The highest BCUT2D eigenvalue weighted by molar-refractivity contribution is 7.85. The maximum Gasteiger partial charge on any atom is 0.266 e. The zero-order valence-electron chi connectivity index (χ0n) is 8.24. The summed E-state index contributed by atoms with van der Waals surface area (Å²) in [5.41, 5.74) is 0.519. The Morgan fingerprint density at radius 3 is 2.50 bits per heavy atom. The number of aromatic hydroxyl groups is 2. The van der Waals surface area contributed by atoms with Gasteiger partial charge in [-0.3, -0.25) is 9.55 Å². The SMILES string of the molecule is O=S(=O)(O)CCN=Cc1ccc(O)c(O)c1. The Morgan fingerprint density at radius 1 is 1.25 bits per heavy atom. The lowest BCUT2D eigenvalue weighted by Crippen LogP contribution is -2.06. The normalized spacial score (nSPS) is 12.1. The van der Waals surface area contributed by atoms with Gasteiger partial charge in [-0.15, -0.1) is 0 Å². The lowest BCUT2D eigenvalue weighted by Gasteiger charge is -1.98. The van der Waals surface area contributed by atoms with Crippen LogP contribution in [0.25, 0.3) is 0 Å². The molecule has 6 nitrogen and oxygen atoms in total. The van der Waals surface area contributed by atoms with Gasteiger partial charge in [0.05, 0.1) is 12.3 Å². The summed E-state index contributed by atoms with van der Waals surface area (Å²) in [4.78, 5) is 3.74. The molecule has 0 amide bonds. The van der Waals surface area contributed by atoms with Crippen LogP contribution in [0, 0.1) is 0 Å². The monoisotopic (exact) mass is 245 g/mol. The molecule has 0 saturated carbocycles. The smallest absolute Gasteiger partial charge is 0.266 e. The van der Waals surface area contributed by atoms with E-state index in [0.29, 0.717) is 5.56 Å². The van der Waals surface area contributed by atoms with Crippen molar-refractivity contribution in [3.63, 3.8) is 0 Å². The van der Waals surface area contributed by atoms with Gasteiger partial charge in [-0.1, -0.05) is 0 Å². The van der Waals surface area contributed by atoms with Crippen molar-refractivity contribution < 1.29 is 23.2 Å². The van der Waals surface area contributed by atoms with Crippen molar-refractivity contribution in [2.75, 3.05) is 12.3 Å². The van der Waals surface area contributed by atoms with Crippen molar-refractivity contribution >= 4 is 16.3 Å². The molecule has 3 N–H and O–H groups in total. The van der Waals surface area contributed by atoms with Crippen molar-refractivity contribution in [1.82, 2.24) is 0 Å². The number of phenols is 2. The first kappa shape index (κ1) is 12.5. The van der Waals surface area contributed by atoms with E-state index in [4.69, 9.17) is 14.8 Å². The van der Waals surface area contributed by atoms with Crippen LogP contribution in [0.4, 0.5) is 0 Å². The Hall–Kier alpha value is -1.60. The van der Waals surface area contributed by atoms with Crippen LogP contribution in [0.2, 0.25) is 0 Å². The van der Waals surface area contributed by atoms with Gasteiger partial charge in [0.15, 0.2) is 11.5 Å². The van der Waals surface area contributed by atoms with E-state index in [9.17, 15) is 8.42 Å². The van der Waals surface area contributed by atoms with Gasteiger partial charge in [-0.2, -0.15) is 8.42 Å². The Balaban J connectivity index is 2.60. The summed E-state index contributed by atoms with van der Waals surface area (Å²) in [5, 5.41) is 18.2. The summed E-state index contributed by atoms with van der Waals surface area (Å²) in [6, 6.07) is 4.08. The summed E-state index contributed by atoms with van der Waals surface area (Å²) in [6.07, 6.45) is 1.34. The highest BCUT2D eigenvalue weighted by Gasteiger charge is 2.02. The number of phenolic OH excluding ortho intramolecular Hbond substituents is 2. The van der Waals surface area contributed by atoms with Gasteiger partial charge in [0.25, 0.3) is 10.1 Å². The quantitative estimate of drug-likeness (QED) is 0.404. The maximum absolute atomic E-state index is 10.3. The molecule has 1 aromatic carbocycles. The second kappa shape index (κ2) is 4.95. The van der Waals surface area contributed by atoms with Gasteiger partial charge in [-0.05, 0) is 23.8 Å². The van der Waals surface area contributed by atoms with Crippen LogP contribution in [-0.4, -0.2) is 41.7 Å². The minimum Gasteiger partial charge on any atom is -0.504 e. The number of hydrogen-bond acceptors (Lipinski definition) is 5. The number of hydrogen-bond donors (Lipinski definition) is 3. The van der Waals surface area contributed by atoms with Gasteiger partial charge in [0, 0.05) is 6.21 Å². The van der Waals surface area contributed by atoms with Crippen molar-refractivity contribution in [1.29, 1.82) is 0 Å². The van der Waals surface area contributed by atoms with E-state index in [2.05, 4.69) is 4.99 Å². The number of aliphatic imine (C=N–C) groups is 1. The Labute approximate surface area is 92.6 Å². The summed E-state index contributed by atoms with van der Waals surface area (Å²) >= 11 is 0. The van der Waals surface area contributed by atoms with Crippen molar-refractivity contribution in [3.8, 4) is 11.5 Å². The largest absolute Gasteiger partial charge is 0.504 e. The molecule has 0 bridgehead atoms. The van der Waals surface area contributed by atoms with Crippen LogP contribution in [-0.2, 0) is 10.1 Å². The molecule has 7 heteroatoms. The van der Waals surface area contributed by atoms with E-state index in [1.165, 1.54) is 24.4 Å². The molecule has 1 rings (SSSR count). The number of rotatable bonds is 4. The summed E-state index contributed by atoms with van der Waals surface area (Å²) in [7, 11) is -4.00. The molecular weight excluding hydrogens is 234 g/mol. The molecule has 0 aromatic heterocycles. The first-order chi connectivity index (χ1) is 7.38. The van der Waals surface area contributed by atoms with E-state index in [1.54, 1.807) is 0 Å². The molecule has 0 aliphatic rings. The van der Waals surface area contributed by atoms with Crippen LogP contribution < -0.4 is 0 Å². The highest BCUT2D eigenvalue weighted by atomic mass is 32.2. The molecule has 0 aliphatic carbocycles. The zero-order chi connectivity index (χ0) is 12.2. The molecule has 16 heavy (non-hydrogen) atoms. The predicted octanol–water partition coefficient (Wildman–Crippen LogP) is 0.404. The number of benzene rings is 1. The number of nitrogens with zero attached hydrogens (tertiary/aromatic N) is 1. The standard InChI is InChI=1S/C9H11NO5S/c11-8-2-1-7(5-9(8)12)6-10-3-4-16(13,14)15/h1-2,5-6,11-12H,3-4H2,(H,13,14,15). The molecule has 0 radical (unpaired) electrons. The fourth-order valence-electron chi connectivity index (χ4n) is 0.959. The molecule has 0 saturated heterocycles. The van der Waals surface area contributed by atoms with E-state index in [1.807, 2.05) is 0 Å². The van der Waals surface area contributed by atoms with Crippen molar-refractivity contribution in [2.24, 2.45) is 4.99 Å². The third-order valence-electron chi connectivity index (χ3n) is 1.72. The second-order valence-electron chi connectivity index (χ2n) is 3.07. The molecule has 0 atom stereocenters. The Morgan fingerprint density at radius 2 is 1.94 bits per heavy atom. The third kappa shape index (κ3) is 4.28. The van der Waals surface area contributed by atoms with Crippen LogP contribution in [0.1, 0.15) is 5.56 Å². The molecule has 88 valence electrons.